The molecule has 0 unspecified atom stereocenters. The number of hydrogen-bond acceptors (Lipinski definition) is 5. The molecule has 0 bridgehead atoms. The van der Waals surface area contributed by atoms with Crippen LogP contribution in [0.15, 0.2) is 35.2 Å². The number of aromatic carboxylic acids is 1. The lowest BCUT2D eigenvalue weighted by Gasteiger charge is -2.31. The highest BCUT2D eigenvalue weighted by Gasteiger charge is 2.32. The van der Waals surface area contributed by atoms with E-state index < -0.39 is 27.7 Å². The Kier molecular flexibility index (Phi) is 6.19. The first kappa shape index (κ1) is 22.9. The number of nitrogens with zero attached hydrogens (tertiary/aromatic N) is 1. The summed E-state index contributed by atoms with van der Waals surface area (Å²) >= 11 is 0. The minimum absolute atomic E-state index is 0.235. The van der Waals surface area contributed by atoms with E-state index in [0.717, 1.165) is 18.2 Å². The molecule has 0 aliphatic carbocycles. The number of hydrogen-bond donors (Lipinski definition) is 2. The number of halogens is 3. The van der Waals surface area contributed by atoms with Crippen LogP contribution in [0, 0.1) is 13.8 Å². The average molecular weight is 458 g/mol. The van der Waals surface area contributed by atoms with Crippen molar-refractivity contribution in [1.29, 1.82) is 0 Å². The molecule has 0 spiro atoms. The first-order valence-corrected chi connectivity index (χ1v) is 10.8. The van der Waals surface area contributed by atoms with E-state index in [1.54, 1.807) is 11.8 Å². The minimum atomic E-state index is -4.67. The Labute approximate surface area is 177 Å². The maximum absolute atomic E-state index is 13.3. The maximum atomic E-state index is 13.3. The Morgan fingerprint density at radius 1 is 1.13 bits per heavy atom. The van der Waals surface area contributed by atoms with Crippen molar-refractivity contribution in [3.63, 3.8) is 0 Å². The molecular formula is C20H21F3N2O5S. The fourth-order valence-electron chi connectivity index (χ4n) is 3.30. The first-order chi connectivity index (χ1) is 14.4. The number of nitrogens with one attached hydrogen (secondary N) is 1. The second-order valence-electron chi connectivity index (χ2n) is 7.16. The van der Waals surface area contributed by atoms with Crippen molar-refractivity contribution in [2.45, 2.75) is 24.9 Å². The summed E-state index contributed by atoms with van der Waals surface area (Å²) in [5, 5.41) is 9.26. The van der Waals surface area contributed by atoms with Crippen LogP contribution in [0.25, 0.3) is 0 Å². The molecule has 2 aromatic carbocycles. The van der Waals surface area contributed by atoms with Crippen LogP contribution in [0.3, 0.4) is 0 Å². The molecule has 0 amide bonds. The number of ether oxygens (including phenoxy) is 1. The van der Waals surface area contributed by atoms with Crippen LogP contribution in [0.1, 0.15) is 27.0 Å². The number of carbonyl (C=O) groups is 1. The van der Waals surface area contributed by atoms with Crippen molar-refractivity contribution in [1.82, 2.24) is 0 Å². The Bertz CT molecular complexity index is 1110. The van der Waals surface area contributed by atoms with E-state index in [-0.39, 0.29) is 21.8 Å². The zero-order valence-corrected chi connectivity index (χ0v) is 17.6. The highest BCUT2D eigenvalue weighted by molar-refractivity contribution is 7.92. The van der Waals surface area contributed by atoms with Crippen LogP contribution in [-0.2, 0) is 20.9 Å². The quantitative estimate of drug-likeness (QED) is 0.710. The van der Waals surface area contributed by atoms with Crippen LogP contribution in [0.4, 0.5) is 24.5 Å². The van der Waals surface area contributed by atoms with Gasteiger partial charge in [-0.05, 0) is 55.3 Å². The van der Waals surface area contributed by atoms with Gasteiger partial charge in [0.2, 0.25) is 0 Å². The molecule has 0 radical (unpaired) electrons. The zero-order chi connectivity index (χ0) is 23.0. The second kappa shape index (κ2) is 8.39. The van der Waals surface area contributed by atoms with Crippen LogP contribution in [-0.4, -0.2) is 45.8 Å². The van der Waals surface area contributed by atoms with Crippen LogP contribution < -0.4 is 9.62 Å². The van der Waals surface area contributed by atoms with Gasteiger partial charge in [-0.3, -0.25) is 4.72 Å². The number of carboxylic acids is 1. The van der Waals surface area contributed by atoms with Gasteiger partial charge in [0.05, 0.1) is 40.6 Å². The van der Waals surface area contributed by atoms with E-state index >= 15 is 0 Å². The molecular weight excluding hydrogens is 437 g/mol. The summed E-state index contributed by atoms with van der Waals surface area (Å²) in [6.07, 6.45) is -4.67. The standard InChI is InChI=1S/C20H21F3N2O5S/c1-12-9-14(19(26)27)10-18(13(12)2)31(28,29)24-16-11-15(20(21,22)23)3-4-17(16)25-5-7-30-8-6-25/h3-4,9-11,24H,5-8H2,1-2H3,(H,26,27). The van der Waals surface area contributed by atoms with Crippen LogP contribution in [0.2, 0.25) is 0 Å². The maximum Gasteiger partial charge on any atom is 0.416 e. The molecule has 1 aliphatic heterocycles. The molecule has 0 aromatic heterocycles. The number of benzene rings is 2. The number of sulfonamides is 1. The van der Waals surface area contributed by atoms with Gasteiger partial charge < -0.3 is 14.7 Å². The van der Waals surface area contributed by atoms with Crippen molar-refractivity contribution in [3.8, 4) is 0 Å². The van der Waals surface area contributed by atoms with Crippen molar-refractivity contribution >= 4 is 27.4 Å². The molecule has 1 heterocycles. The topological polar surface area (TPSA) is 95.9 Å². The van der Waals surface area contributed by atoms with Gasteiger partial charge in [0.15, 0.2) is 0 Å². The molecule has 0 atom stereocenters. The van der Waals surface area contributed by atoms with Gasteiger partial charge in [-0.15, -0.1) is 0 Å². The molecule has 1 fully saturated rings. The van der Waals surface area contributed by atoms with Crippen molar-refractivity contribution in [2.75, 3.05) is 35.9 Å². The van der Waals surface area contributed by atoms with Gasteiger partial charge in [-0.25, -0.2) is 13.2 Å². The third kappa shape index (κ3) is 4.93. The van der Waals surface area contributed by atoms with Crippen LogP contribution >= 0.6 is 0 Å². The summed E-state index contributed by atoms with van der Waals surface area (Å²) in [4.78, 5) is 12.8. The average Bonchev–Trinajstić information content (AvgIpc) is 2.69. The molecule has 1 aliphatic rings. The molecule has 7 nitrogen and oxygen atoms in total. The highest BCUT2D eigenvalue weighted by atomic mass is 32.2. The molecule has 2 aromatic rings. The summed E-state index contributed by atoms with van der Waals surface area (Å²) in [6, 6.07) is 5.18. The van der Waals surface area contributed by atoms with Crippen molar-refractivity contribution in [3.05, 3.63) is 52.6 Å². The normalized spacial score (nSPS) is 15.1. The Hall–Kier alpha value is -2.79. The molecule has 1 saturated heterocycles. The lowest BCUT2D eigenvalue weighted by atomic mass is 10.1. The van der Waals surface area contributed by atoms with E-state index in [1.165, 1.54) is 19.1 Å². The predicted octanol–water partition coefficient (Wildman–Crippen LogP) is 3.66. The third-order valence-corrected chi connectivity index (χ3v) is 6.57. The van der Waals surface area contributed by atoms with Gasteiger partial charge in [0, 0.05) is 13.1 Å². The SMILES string of the molecule is Cc1cc(C(=O)O)cc(S(=O)(=O)Nc2cc(C(F)(F)F)ccc2N2CCOCC2)c1C. The van der Waals surface area contributed by atoms with E-state index in [9.17, 15) is 31.5 Å². The molecule has 2 N–H and O–H groups in total. The van der Waals surface area contributed by atoms with E-state index in [0.29, 0.717) is 37.4 Å². The third-order valence-electron chi connectivity index (χ3n) is 5.08. The largest absolute Gasteiger partial charge is 0.478 e. The molecule has 11 heteroatoms. The predicted molar refractivity (Wildman–Crippen MR) is 108 cm³/mol. The number of carboxylic acid groups (broad SMARTS) is 1. The summed E-state index contributed by atoms with van der Waals surface area (Å²) in [6.45, 7) is 4.53. The lowest BCUT2D eigenvalue weighted by Crippen LogP contribution is -2.37. The van der Waals surface area contributed by atoms with Gasteiger partial charge in [-0.1, -0.05) is 0 Å². The Morgan fingerprint density at radius 2 is 1.77 bits per heavy atom. The zero-order valence-electron chi connectivity index (χ0n) is 16.8. The van der Waals surface area contributed by atoms with E-state index in [4.69, 9.17) is 4.74 Å². The number of alkyl halides is 3. The summed E-state index contributed by atoms with van der Waals surface area (Å²) in [7, 11) is -4.38. The number of anilines is 2. The van der Waals surface area contributed by atoms with Gasteiger partial charge in [0.1, 0.15) is 0 Å². The Morgan fingerprint density at radius 3 is 2.35 bits per heavy atom. The second-order valence-corrected chi connectivity index (χ2v) is 8.81. The number of aryl methyl sites for hydroxylation is 1. The van der Waals surface area contributed by atoms with Gasteiger partial charge >= 0.3 is 12.1 Å². The van der Waals surface area contributed by atoms with Crippen molar-refractivity contribution < 1.29 is 36.2 Å². The van der Waals surface area contributed by atoms with Gasteiger partial charge in [0.25, 0.3) is 10.0 Å². The smallest absolute Gasteiger partial charge is 0.416 e. The van der Waals surface area contributed by atoms with E-state index in [2.05, 4.69) is 4.72 Å². The molecule has 31 heavy (non-hydrogen) atoms. The van der Waals surface area contributed by atoms with Crippen LogP contribution in [0.5, 0.6) is 0 Å². The van der Waals surface area contributed by atoms with Gasteiger partial charge in [-0.2, -0.15) is 13.2 Å². The lowest BCUT2D eigenvalue weighted by molar-refractivity contribution is -0.137. The minimum Gasteiger partial charge on any atom is -0.478 e. The van der Waals surface area contributed by atoms with E-state index in [1.807, 2.05) is 0 Å². The van der Waals surface area contributed by atoms with Crippen molar-refractivity contribution in [2.24, 2.45) is 0 Å². The monoisotopic (exact) mass is 458 g/mol. The molecule has 168 valence electrons. The fraction of sp³-hybridized carbons (Fsp3) is 0.350. The fourth-order valence-corrected chi connectivity index (χ4v) is 4.71. The summed E-state index contributed by atoms with van der Waals surface area (Å²) in [5.41, 5.74) is -0.469. The summed E-state index contributed by atoms with van der Waals surface area (Å²) in [5.74, 6) is -1.31. The highest BCUT2D eigenvalue weighted by Crippen LogP contribution is 2.37. The number of rotatable bonds is 5. The number of morpholine rings is 1. The summed E-state index contributed by atoms with van der Waals surface area (Å²) < 4.78 is 73.6. The Balaban J connectivity index is 2.10. The first-order valence-electron chi connectivity index (χ1n) is 9.31. The molecule has 3 rings (SSSR count). The molecule has 0 saturated carbocycles.